The number of nitrogens with one attached hydrogen (secondary N) is 1. The van der Waals surface area contributed by atoms with Gasteiger partial charge >= 0.3 is 0 Å². The molecule has 0 bridgehead atoms. The maximum atomic E-state index is 13.5. The van der Waals surface area contributed by atoms with Crippen molar-refractivity contribution in [2.45, 2.75) is 33.2 Å². The molecule has 176 valence electrons. The van der Waals surface area contributed by atoms with E-state index in [1.54, 1.807) is 29.2 Å². The maximum Gasteiger partial charge on any atom is 0.295 e. The molecule has 1 fully saturated rings. The minimum Gasteiger partial charge on any atom is -0.872 e. The summed E-state index contributed by atoms with van der Waals surface area (Å²) in [6, 6.07) is 13.9. The highest BCUT2D eigenvalue weighted by Crippen LogP contribution is 2.38. The van der Waals surface area contributed by atoms with Crippen molar-refractivity contribution in [1.82, 2.24) is 4.90 Å². The number of ketones is 1. The minimum atomic E-state index is -0.710. The average molecular weight is 451 g/mol. The summed E-state index contributed by atoms with van der Waals surface area (Å²) in [6.45, 7) is 7.84. The molecule has 1 amide bonds. The Kier molecular flexibility index (Phi) is 7.92. The fourth-order valence-electron chi connectivity index (χ4n) is 3.85. The molecule has 1 unspecified atom stereocenters. The number of carbonyl (C=O) groups is 2. The van der Waals surface area contributed by atoms with Gasteiger partial charge in [0, 0.05) is 5.57 Å². The number of rotatable bonds is 9. The van der Waals surface area contributed by atoms with E-state index in [4.69, 9.17) is 4.74 Å². The lowest BCUT2D eigenvalue weighted by Crippen LogP contribution is -3.06. The summed E-state index contributed by atoms with van der Waals surface area (Å²) in [6.07, 6.45) is 0.886. The zero-order chi connectivity index (χ0) is 24.1. The number of quaternary nitrogens is 1. The summed E-state index contributed by atoms with van der Waals surface area (Å²) in [5.74, 6) is -0.673. The second-order valence-corrected chi connectivity index (χ2v) is 9.25. The second-order valence-electron chi connectivity index (χ2n) is 9.25. The smallest absolute Gasteiger partial charge is 0.295 e. The molecule has 0 radical (unpaired) electrons. The molecule has 2 aromatic carbocycles. The van der Waals surface area contributed by atoms with Gasteiger partial charge in [0.25, 0.3) is 5.91 Å². The number of aryl methyl sites for hydroxylation is 1. The number of ether oxygens (including phenoxy) is 1. The number of likely N-dealkylation sites (tertiary alicyclic amines) is 1. The van der Waals surface area contributed by atoms with Crippen LogP contribution in [0.1, 0.15) is 43.5 Å². The first-order valence-electron chi connectivity index (χ1n) is 11.6. The SMILES string of the molecule is CCc1ccc(C2/C(=C(\[O-])c3ccc(OCC(C)C)cc3)C(=O)C(=O)N2CC[NH+](C)C)cc1. The Balaban J connectivity index is 2.02. The number of likely N-dealkylation sites (N-methyl/N-ethyl adjacent to an activating group) is 1. The van der Waals surface area contributed by atoms with Crippen molar-refractivity contribution in [1.29, 1.82) is 0 Å². The fourth-order valence-corrected chi connectivity index (χ4v) is 3.85. The number of nitrogens with zero attached hydrogens (tertiary/aromatic N) is 1. The average Bonchev–Trinajstić information content (AvgIpc) is 3.06. The van der Waals surface area contributed by atoms with Crippen molar-refractivity contribution >= 4 is 17.4 Å². The van der Waals surface area contributed by atoms with E-state index in [0.29, 0.717) is 36.9 Å². The number of hydrogen-bond acceptors (Lipinski definition) is 4. The quantitative estimate of drug-likeness (QED) is 0.358. The molecule has 1 aliphatic rings. The van der Waals surface area contributed by atoms with Crippen LogP contribution >= 0.6 is 0 Å². The summed E-state index contributed by atoms with van der Waals surface area (Å²) >= 11 is 0. The van der Waals surface area contributed by atoms with E-state index in [-0.39, 0.29) is 5.57 Å². The highest BCUT2D eigenvalue weighted by molar-refractivity contribution is 6.46. The van der Waals surface area contributed by atoms with Crippen LogP contribution in [0.15, 0.2) is 54.1 Å². The highest BCUT2D eigenvalue weighted by atomic mass is 16.5. The van der Waals surface area contributed by atoms with Crippen molar-refractivity contribution in [3.05, 3.63) is 70.8 Å². The molecular weight excluding hydrogens is 416 g/mol. The van der Waals surface area contributed by atoms with Gasteiger partial charge in [-0.2, -0.15) is 0 Å². The Hall–Kier alpha value is -3.12. The van der Waals surface area contributed by atoms with Gasteiger partial charge in [-0.25, -0.2) is 0 Å². The van der Waals surface area contributed by atoms with Gasteiger partial charge in [0.15, 0.2) is 0 Å². The molecule has 33 heavy (non-hydrogen) atoms. The Morgan fingerprint density at radius 1 is 1.06 bits per heavy atom. The molecule has 3 rings (SSSR count). The Labute approximate surface area is 196 Å². The van der Waals surface area contributed by atoms with Gasteiger partial charge in [0.2, 0.25) is 5.78 Å². The summed E-state index contributed by atoms with van der Waals surface area (Å²) in [5, 5.41) is 13.5. The zero-order valence-electron chi connectivity index (χ0n) is 20.2. The van der Waals surface area contributed by atoms with Crippen molar-refractivity contribution < 1.29 is 24.3 Å². The van der Waals surface area contributed by atoms with E-state index < -0.39 is 23.5 Å². The molecule has 1 heterocycles. The first kappa shape index (κ1) is 24.5. The third-order valence-electron chi connectivity index (χ3n) is 5.79. The van der Waals surface area contributed by atoms with Gasteiger partial charge in [-0.1, -0.05) is 62.9 Å². The van der Waals surface area contributed by atoms with Crippen LogP contribution in [-0.4, -0.2) is 50.4 Å². The fraction of sp³-hybridized carbons (Fsp3) is 0.407. The third kappa shape index (κ3) is 5.63. The molecule has 1 atom stereocenters. The van der Waals surface area contributed by atoms with Crippen LogP contribution < -0.4 is 14.7 Å². The van der Waals surface area contributed by atoms with E-state index in [1.807, 2.05) is 38.4 Å². The molecule has 0 aromatic heterocycles. The lowest BCUT2D eigenvalue weighted by atomic mass is 9.94. The van der Waals surface area contributed by atoms with Crippen molar-refractivity contribution in [2.75, 3.05) is 33.8 Å². The molecule has 0 aliphatic carbocycles. The van der Waals surface area contributed by atoms with Gasteiger partial charge in [-0.05, 0) is 41.2 Å². The number of Topliss-reactive ketones (excluding diaryl/α,β-unsaturated/α-hetero) is 1. The molecule has 1 aliphatic heterocycles. The summed E-state index contributed by atoms with van der Waals surface area (Å²) in [7, 11) is 3.98. The van der Waals surface area contributed by atoms with Gasteiger partial charge in [-0.3, -0.25) is 9.59 Å². The normalized spacial score (nSPS) is 17.9. The zero-order valence-corrected chi connectivity index (χ0v) is 20.2. The van der Waals surface area contributed by atoms with Crippen LogP contribution in [0.3, 0.4) is 0 Å². The Morgan fingerprint density at radius 3 is 2.24 bits per heavy atom. The van der Waals surface area contributed by atoms with Crippen LogP contribution in [0.25, 0.3) is 5.76 Å². The number of benzene rings is 2. The van der Waals surface area contributed by atoms with Crippen LogP contribution in [-0.2, 0) is 16.0 Å². The van der Waals surface area contributed by atoms with E-state index >= 15 is 0 Å². The summed E-state index contributed by atoms with van der Waals surface area (Å²) in [4.78, 5) is 28.7. The first-order chi connectivity index (χ1) is 15.7. The van der Waals surface area contributed by atoms with Gasteiger partial charge in [-0.15, -0.1) is 0 Å². The first-order valence-corrected chi connectivity index (χ1v) is 11.6. The van der Waals surface area contributed by atoms with Crippen LogP contribution in [0.2, 0.25) is 0 Å². The summed E-state index contributed by atoms with van der Waals surface area (Å²) < 4.78 is 5.70. The lowest BCUT2D eigenvalue weighted by molar-refractivity contribution is -0.857. The molecule has 0 saturated carbocycles. The molecular formula is C27H34N2O4. The number of carbonyl (C=O) groups excluding carboxylic acids is 2. The standard InChI is InChI=1S/C27H34N2O4/c1-6-19-7-9-20(10-8-19)24-23(26(31)27(32)29(24)16-15-28(4)5)25(30)21-11-13-22(14-12-21)33-17-18(2)3/h7-14,18,24,30H,6,15-17H2,1-5H3/b25-23+. The van der Waals surface area contributed by atoms with Crippen molar-refractivity contribution in [2.24, 2.45) is 5.92 Å². The monoisotopic (exact) mass is 450 g/mol. The maximum absolute atomic E-state index is 13.5. The second kappa shape index (κ2) is 10.7. The largest absolute Gasteiger partial charge is 0.872 e. The van der Waals surface area contributed by atoms with Gasteiger partial charge in [0.05, 0.1) is 39.8 Å². The summed E-state index contributed by atoms with van der Waals surface area (Å²) in [5.41, 5.74) is 2.33. The van der Waals surface area contributed by atoms with Crippen LogP contribution in [0, 0.1) is 5.92 Å². The van der Waals surface area contributed by atoms with E-state index in [2.05, 4.69) is 20.8 Å². The van der Waals surface area contributed by atoms with Gasteiger partial charge in [0.1, 0.15) is 5.75 Å². The van der Waals surface area contributed by atoms with E-state index in [0.717, 1.165) is 22.4 Å². The topological polar surface area (TPSA) is 74.1 Å². The molecule has 6 nitrogen and oxygen atoms in total. The van der Waals surface area contributed by atoms with Crippen molar-refractivity contribution in [3.63, 3.8) is 0 Å². The third-order valence-corrected chi connectivity index (χ3v) is 5.79. The predicted octanol–water partition coefficient (Wildman–Crippen LogP) is 1.65. The van der Waals surface area contributed by atoms with E-state index in [1.165, 1.54) is 0 Å². The predicted molar refractivity (Wildman–Crippen MR) is 127 cm³/mol. The lowest BCUT2D eigenvalue weighted by Gasteiger charge is -2.28. The van der Waals surface area contributed by atoms with Gasteiger partial charge < -0.3 is 19.6 Å². The van der Waals surface area contributed by atoms with E-state index in [9.17, 15) is 14.7 Å². The minimum absolute atomic E-state index is 0.0221. The molecule has 1 saturated heterocycles. The molecule has 2 aromatic rings. The Morgan fingerprint density at radius 2 is 1.70 bits per heavy atom. The molecule has 0 spiro atoms. The molecule has 1 N–H and O–H groups in total. The van der Waals surface area contributed by atoms with Crippen LogP contribution in [0.4, 0.5) is 0 Å². The number of amides is 1. The highest BCUT2D eigenvalue weighted by Gasteiger charge is 2.44. The van der Waals surface area contributed by atoms with Crippen molar-refractivity contribution in [3.8, 4) is 5.75 Å². The number of hydrogen-bond donors (Lipinski definition) is 1. The molecule has 6 heteroatoms. The van der Waals surface area contributed by atoms with Crippen LogP contribution in [0.5, 0.6) is 5.75 Å². The Bertz CT molecular complexity index is 1010.